The molecule has 10 heteroatoms. The molecule has 1 unspecified atom stereocenters. The number of benzene rings is 1. The summed E-state index contributed by atoms with van der Waals surface area (Å²) in [7, 11) is 1.69. The molecule has 2 N–H and O–H groups in total. The second kappa shape index (κ2) is 11.3. The third-order valence-corrected chi connectivity index (χ3v) is 5.15. The van der Waals surface area contributed by atoms with Gasteiger partial charge in [-0.3, -0.25) is 4.79 Å². The molecule has 0 spiro atoms. The van der Waals surface area contributed by atoms with Crippen LogP contribution in [0.25, 0.3) is 11.1 Å². The maximum Gasteiger partial charge on any atom is 0.408 e. The SMILES string of the molecule is CN(Cc1cccc(-c2cnc(N3CCOC(CO)C3)nc2)c1)C(=O)CNC(=O)OC(C)(C)C. The average molecular weight is 472 g/mol. The number of nitrogens with one attached hydrogen (secondary N) is 1. The second-order valence-electron chi connectivity index (χ2n) is 9.20. The first-order valence-electron chi connectivity index (χ1n) is 11.2. The quantitative estimate of drug-likeness (QED) is 0.628. The van der Waals surface area contributed by atoms with Gasteiger partial charge < -0.3 is 29.7 Å². The zero-order chi connectivity index (χ0) is 24.7. The molecule has 1 aromatic heterocycles. The van der Waals surface area contributed by atoms with E-state index in [1.54, 1.807) is 45.1 Å². The van der Waals surface area contributed by atoms with Crippen molar-refractivity contribution in [1.82, 2.24) is 20.2 Å². The predicted molar refractivity (Wildman–Crippen MR) is 127 cm³/mol. The molecule has 2 amide bonds. The van der Waals surface area contributed by atoms with Crippen LogP contribution in [0.5, 0.6) is 0 Å². The number of aliphatic hydroxyl groups is 1. The van der Waals surface area contributed by atoms with Crippen LogP contribution < -0.4 is 10.2 Å². The minimum absolute atomic E-state index is 0.0324. The second-order valence-corrected chi connectivity index (χ2v) is 9.20. The van der Waals surface area contributed by atoms with Crippen LogP contribution >= 0.6 is 0 Å². The fourth-order valence-electron chi connectivity index (χ4n) is 3.45. The summed E-state index contributed by atoms with van der Waals surface area (Å²) >= 11 is 0. The number of carbonyl (C=O) groups is 2. The summed E-state index contributed by atoms with van der Waals surface area (Å²) in [5.74, 6) is 0.375. The van der Waals surface area contributed by atoms with Crippen molar-refractivity contribution >= 4 is 17.9 Å². The number of hydrogen-bond acceptors (Lipinski definition) is 8. The van der Waals surface area contributed by atoms with E-state index in [1.165, 1.54) is 0 Å². The minimum Gasteiger partial charge on any atom is -0.444 e. The van der Waals surface area contributed by atoms with Crippen LogP contribution in [-0.2, 0) is 20.8 Å². The summed E-state index contributed by atoms with van der Waals surface area (Å²) in [6, 6.07) is 7.81. The number of morpholine rings is 1. The van der Waals surface area contributed by atoms with Crippen molar-refractivity contribution in [3.8, 4) is 11.1 Å². The van der Waals surface area contributed by atoms with Gasteiger partial charge >= 0.3 is 6.09 Å². The van der Waals surface area contributed by atoms with Crippen LogP contribution in [-0.4, -0.2) is 83.6 Å². The van der Waals surface area contributed by atoms with Gasteiger partial charge in [0.25, 0.3) is 0 Å². The Balaban J connectivity index is 1.58. The summed E-state index contributed by atoms with van der Waals surface area (Å²) in [6.45, 7) is 7.26. The smallest absolute Gasteiger partial charge is 0.408 e. The maximum atomic E-state index is 12.4. The van der Waals surface area contributed by atoms with Crippen molar-refractivity contribution in [1.29, 1.82) is 0 Å². The lowest BCUT2D eigenvalue weighted by Crippen LogP contribution is -2.44. The molecule has 3 rings (SSSR count). The van der Waals surface area contributed by atoms with E-state index in [2.05, 4.69) is 15.3 Å². The zero-order valence-electron chi connectivity index (χ0n) is 20.2. The molecule has 1 saturated heterocycles. The number of amides is 2. The highest BCUT2D eigenvalue weighted by molar-refractivity contribution is 5.82. The van der Waals surface area contributed by atoms with Crippen molar-refractivity contribution < 1.29 is 24.2 Å². The standard InChI is InChI=1S/C24H33N5O5/c1-24(2,3)34-23(32)27-13-21(31)28(4)14-17-6-5-7-18(10-17)19-11-25-22(26-12-19)29-8-9-33-20(15-29)16-30/h5-7,10-12,20,30H,8-9,13-16H2,1-4H3,(H,27,32). The first-order valence-corrected chi connectivity index (χ1v) is 11.2. The third kappa shape index (κ3) is 7.39. The van der Waals surface area contributed by atoms with E-state index >= 15 is 0 Å². The van der Waals surface area contributed by atoms with E-state index in [0.29, 0.717) is 32.2 Å². The van der Waals surface area contributed by atoms with E-state index in [1.807, 2.05) is 29.2 Å². The molecular weight excluding hydrogens is 438 g/mol. The summed E-state index contributed by atoms with van der Waals surface area (Å²) in [6.07, 6.45) is 2.69. The van der Waals surface area contributed by atoms with Gasteiger partial charge in [0, 0.05) is 44.6 Å². The van der Waals surface area contributed by atoms with E-state index in [-0.39, 0.29) is 25.2 Å². The number of ether oxygens (including phenoxy) is 2. The largest absolute Gasteiger partial charge is 0.444 e. The Labute approximate surface area is 199 Å². The van der Waals surface area contributed by atoms with Crippen LogP contribution in [0.2, 0.25) is 0 Å². The van der Waals surface area contributed by atoms with Crippen LogP contribution in [0.1, 0.15) is 26.3 Å². The third-order valence-electron chi connectivity index (χ3n) is 5.15. The molecule has 184 valence electrons. The molecule has 0 saturated carbocycles. The molecule has 2 heterocycles. The molecule has 2 aromatic rings. The summed E-state index contributed by atoms with van der Waals surface area (Å²) in [5.41, 5.74) is 2.12. The molecule has 1 fully saturated rings. The summed E-state index contributed by atoms with van der Waals surface area (Å²) in [4.78, 5) is 36.7. The number of alkyl carbamates (subject to hydrolysis) is 1. The predicted octanol–water partition coefficient (Wildman–Crippen LogP) is 1.82. The average Bonchev–Trinajstić information content (AvgIpc) is 2.81. The lowest BCUT2D eigenvalue weighted by molar-refractivity contribution is -0.129. The minimum atomic E-state index is -0.622. The number of likely N-dealkylation sites (N-methyl/N-ethyl adjacent to an activating group) is 1. The van der Waals surface area contributed by atoms with Gasteiger partial charge in [0.15, 0.2) is 0 Å². The number of rotatable bonds is 7. The van der Waals surface area contributed by atoms with Crippen LogP contribution in [0.4, 0.5) is 10.7 Å². The molecule has 1 aliphatic rings. The highest BCUT2D eigenvalue weighted by atomic mass is 16.6. The molecule has 1 aliphatic heterocycles. The Morgan fingerprint density at radius 2 is 2.00 bits per heavy atom. The maximum absolute atomic E-state index is 12.4. The van der Waals surface area contributed by atoms with E-state index < -0.39 is 11.7 Å². The van der Waals surface area contributed by atoms with Crippen molar-refractivity contribution in [3.05, 3.63) is 42.2 Å². The van der Waals surface area contributed by atoms with Gasteiger partial charge in [-0.15, -0.1) is 0 Å². The van der Waals surface area contributed by atoms with Crippen molar-refractivity contribution in [2.24, 2.45) is 0 Å². The summed E-state index contributed by atoms with van der Waals surface area (Å²) < 4.78 is 10.6. The van der Waals surface area contributed by atoms with Gasteiger partial charge in [-0.2, -0.15) is 0 Å². The van der Waals surface area contributed by atoms with Crippen molar-refractivity contribution in [3.63, 3.8) is 0 Å². The van der Waals surface area contributed by atoms with Gasteiger partial charge in [-0.25, -0.2) is 14.8 Å². The number of nitrogens with zero attached hydrogens (tertiary/aromatic N) is 4. The molecular formula is C24H33N5O5. The van der Waals surface area contributed by atoms with Gasteiger partial charge in [-0.05, 0) is 38.0 Å². The molecule has 0 aliphatic carbocycles. The Kier molecular flexibility index (Phi) is 8.41. The lowest BCUT2D eigenvalue weighted by atomic mass is 10.1. The van der Waals surface area contributed by atoms with Crippen LogP contribution in [0.15, 0.2) is 36.7 Å². The first kappa shape index (κ1) is 25.4. The topological polar surface area (TPSA) is 117 Å². The Bertz CT molecular complexity index is 976. The van der Waals surface area contributed by atoms with Crippen molar-refractivity contribution in [2.75, 3.05) is 44.8 Å². The highest BCUT2D eigenvalue weighted by Crippen LogP contribution is 2.22. The highest BCUT2D eigenvalue weighted by Gasteiger charge is 2.22. The molecule has 1 aromatic carbocycles. The lowest BCUT2D eigenvalue weighted by Gasteiger charge is -2.31. The normalized spacial score (nSPS) is 16.1. The molecule has 34 heavy (non-hydrogen) atoms. The van der Waals surface area contributed by atoms with E-state index in [9.17, 15) is 14.7 Å². The number of carbonyl (C=O) groups excluding carboxylic acids is 2. The van der Waals surface area contributed by atoms with Crippen LogP contribution in [0, 0.1) is 0 Å². The van der Waals surface area contributed by atoms with E-state index in [0.717, 1.165) is 16.7 Å². The molecule has 10 nitrogen and oxygen atoms in total. The number of anilines is 1. The Hall–Kier alpha value is -3.24. The van der Waals surface area contributed by atoms with Gasteiger partial charge in [-0.1, -0.05) is 18.2 Å². The van der Waals surface area contributed by atoms with E-state index in [4.69, 9.17) is 9.47 Å². The molecule has 0 radical (unpaired) electrons. The Morgan fingerprint density at radius 3 is 2.68 bits per heavy atom. The first-order chi connectivity index (χ1) is 16.1. The fraction of sp³-hybridized carbons (Fsp3) is 0.500. The zero-order valence-corrected chi connectivity index (χ0v) is 20.2. The number of aliphatic hydroxyl groups excluding tert-OH is 1. The Morgan fingerprint density at radius 1 is 1.26 bits per heavy atom. The summed E-state index contributed by atoms with van der Waals surface area (Å²) in [5, 5.41) is 11.8. The van der Waals surface area contributed by atoms with Gasteiger partial charge in [0.1, 0.15) is 12.1 Å². The van der Waals surface area contributed by atoms with Crippen LogP contribution in [0.3, 0.4) is 0 Å². The number of hydrogen-bond donors (Lipinski definition) is 2. The molecule has 1 atom stereocenters. The monoisotopic (exact) mass is 471 g/mol. The fourth-order valence-corrected chi connectivity index (χ4v) is 3.45. The van der Waals surface area contributed by atoms with Gasteiger partial charge in [0.2, 0.25) is 11.9 Å². The van der Waals surface area contributed by atoms with Gasteiger partial charge in [0.05, 0.1) is 19.3 Å². The number of aromatic nitrogens is 2. The molecule has 0 bridgehead atoms. The van der Waals surface area contributed by atoms with Crippen molar-refractivity contribution in [2.45, 2.75) is 39.0 Å².